The molecule has 1 aliphatic rings. The number of benzene rings is 2. The molecule has 1 aromatic heterocycles. The van der Waals surface area contributed by atoms with Crippen LogP contribution in [0.1, 0.15) is 5.56 Å². The van der Waals surface area contributed by atoms with Gasteiger partial charge in [-0.3, -0.25) is 4.99 Å². The summed E-state index contributed by atoms with van der Waals surface area (Å²) in [5.41, 5.74) is 3.89. The molecular weight excluding hydrogens is 302 g/mol. The van der Waals surface area contributed by atoms with E-state index in [9.17, 15) is 0 Å². The third-order valence-electron chi connectivity index (χ3n) is 4.01. The van der Waals surface area contributed by atoms with Crippen molar-refractivity contribution in [3.8, 4) is 28.3 Å². The molecule has 5 heteroatoms. The zero-order chi connectivity index (χ0) is 16.4. The molecule has 3 aromatic rings. The lowest BCUT2D eigenvalue weighted by Gasteiger charge is -2.02. The SMILES string of the molecule is COc1ccc(-c2cc(-c3ccc(C4=NCCN4)cc3)no2)cc1. The third-order valence-corrected chi connectivity index (χ3v) is 4.01. The fourth-order valence-corrected chi connectivity index (χ4v) is 2.69. The second kappa shape index (κ2) is 6.20. The van der Waals surface area contributed by atoms with Crippen LogP contribution >= 0.6 is 0 Å². The lowest BCUT2D eigenvalue weighted by Crippen LogP contribution is -2.19. The number of aromatic nitrogens is 1. The molecule has 0 fully saturated rings. The quantitative estimate of drug-likeness (QED) is 0.801. The summed E-state index contributed by atoms with van der Waals surface area (Å²) in [7, 11) is 1.65. The van der Waals surface area contributed by atoms with E-state index in [0.29, 0.717) is 0 Å². The van der Waals surface area contributed by atoms with Gasteiger partial charge in [0.1, 0.15) is 17.3 Å². The summed E-state index contributed by atoms with van der Waals surface area (Å²) in [6.07, 6.45) is 0. The Morgan fingerprint density at radius 1 is 0.958 bits per heavy atom. The highest BCUT2D eigenvalue weighted by Gasteiger charge is 2.11. The van der Waals surface area contributed by atoms with Gasteiger partial charge in [0.05, 0.1) is 13.7 Å². The first kappa shape index (κ1) is 14.5. The molecule has 0 bridgehead atoms. The topological polar surface area (TPSA) is 59.6 Å². The molecule has 5 nitrogen and oxygen atoms in total. The van der Waals surface area contributed by atoms with Crippen LogP contribution in [-0.2, 0) is 0 Å². The summed E-state index contributed by atoms with van der Waals surface area (Å²) in [5.74, 6) is 2.51. The van der Waals surface area contributed by atoms with Crippen LogP contribution < -0.4 is 10.1 Å². The van der Waals surface area contributed by atoms with Gasteiger partial charge in [-0.2, -0.15) is 0 Å². The van der Waals surface area contributed by atoms with Crippen molar-refractivity contribution < 1.29 is 9.26 Å². The molecule has 0 aliphatic carbocycles. The maximum Gasteiger partial charge on any atom is 0.167 e. The summed E-state index contributed by atoms with van der Waals surface area (Å²) in [6.45, 7) is 1.75. The standard InChI is InChI=1S/C19H17N3O2/c1-23-16-8-6-14(7-9-16)18-12-17(22-24-18)13-2-4-15(5-3-13)19-20-10-11-21-19/h2-9,12H,10-11H2,1H3,(H,20,21). The largest absolute Gasteiger partial charge is 0.497 e. The minimum absolute atomic E-state index is 0.735. The molecule has 4 rings (SSSR count). The van der Waals surface area contributed by atoms with E-state index in [2.05, 4.69) is 15.5 Å². The average molecular weight is 319 g/mol. The summed E-state index contributed by atoms with van der Waals surface area (Å²) < 4.78 is 10.7. The van der Waals surface area contributed by atoms with E-state index in [1.165, 1.54) is 0 Å². The fourth-order valence-electron chi connectivity index (χ4n) is 2.69. The van der Waals surface area contributed by atoms with Crippen molar-refractivity contribution >= 4 is 5.84 Å². The smallest absolute Gasteiger partial charge is 0.167 e. The second-order valence-electron chi connectivity index (χ2n) is 5.54. The Morgan fingerprint density at radius 2 is 1.67 bits per heavy atom. The number of amidine groups is 1. The Labute approximate surface area is 140 Å². The molecule has 0 atom stereocenters. The van der Waals surface area contributed by atoms with Crippen LogP contribution in [0.2, 0.25) is 0 Å². The van der Waals surface area contributed by atoms with E-state index in [1.807, 2.05) is 54.6 Å². The number of aliphatic imine (C=N–C) groups is 1. The Kier molecular flexibility index (Phi) is 3.75. The van der Waals surface area contributed by atoms with Crippen LogP contribution in [0.4, 0.5) is 0 Å². The van der Waals surface area contributed by atoms with Gasteiger partial charge in [0, 0.05) is 29.3 Å². The van der Waals surface area contributed by atoms with Crippen LogP contribution in [0.15, 0.2) is 64.1 Å². The number of methoxy groups -OCH3 is 1. The summed E-state index contributed by atoms with van der Waals surface area (Å²) in [6, 6.07) is 17.8. The molecule has 24 heavy (non-hydrogen) atoms. The van der Waals surface area contributed by atoms with Crippen LogP contribution in [0, 0.1) is 0 Å². The molecule has 1 aliphatic heterocycles. The van der Waals surface area contributed by atoms with Crippen molar-refractivity contribution in [2.75, 3.05) is 20.2 Å². The molecule has 0 saturated carbocycles. The van der Waals surface area contributed by atoms with Gasteiger partial charge in [0.15, 0.2) is 5.76 Å². The molecule has 0 amide bonds. The van der Waals surface area contributed by atoms with E-state index < -0.39 is 0 Å². The van der Waals surface area contributed by atoms with Gasteiger partial charge in [0.2, 0.25) is 0 Å². The van der Waals surface area contributed by atoms with Crippen molar-refractivity contribution in [2.45, 2.75) is 0 Å². The maximum absolute atomic E-state index is 5.48. The van der Waals surface area contributed by atoms with Crippen LogP contribution in [0.3, 0.4) is 0 Å². The van der Waals surface area contributed by atoms with E-state index in [4.69, 9.17) is 9.26 Å². The van der Waals surface area contributed by atoms with Crippen molar-refractivity contribution in [1.29, 1.82) is 0 Å². The molecule has 0 radical (unpaired) electrons. The van der Waals surface area contributed by atoms with E-state index in [1.54, 1.807) is 7.11 Å². The maximum atomic E-state index is 5.48. The molecule has 2 heterocycles. The fraction of sp³-hybridized carbons (Fsp3) is 0.158. The number of ether oxygens (including phenoxy) is 1. The number of nitrogens with one attached hydrogen (secondary N) is 1. The monoisotopic (exact) mass is 319 g/mol. The second-order valence-corrected chi connectivity index (χ2v) is 5.54. The molecular formula is C19H17N3O2. The Hall–Kier alpha value is -3.08. The Bertz CT molecular complexity index is 864. The molecule has 0 saturated heterocycles. The van der Waals surface area contributed by atoms with E-state index in [-0.39, 0.29) is 0 Å². The van der Waals surface area contributed by atoms with Gasteiger partial charge >= 0.3 is 0 Å². The molecule has 0 unspecified atom stereocenters. The first-order valence-corrected chi connectivity index (χ1v) is 7.84. The van der Waals surface area contributed by atoms with Crippen LogP contribution in [0.5, 0.6) is 5.75 Å². The molecule has 0 spiro atoms. The minimum atomic E-state index is 0.735. The first-order valence-electron chi connectivity index (χ1n) is 7.84. The predicted molar refractivity (Wildman–Crippen MR) is 93.3 cm³/mol. The highest BCUT2D eigenvalue weighted by atomic mass is 16.5. The van der Waals surface area contributed by atoms with E-state index in [0.717, 1.165) is 52.8 Å². The Morgan fingerprint density at radius 3 is 2.33 bits per heavy atom. The van der Waals surface area contributed by atoms with E-state index >= 15 is 0 Å². The zero-order valence-corrected chi connectivity index (χ0v) is 13.3. The summed E-state index contributed by atoms with van der Waals surface area (Å²) >= 11 is 0. The minimum Gasteiger partial charge on any atom is -0.497 e. The normalized spacial score (nSPS) is 13.5. The average Bonchev–Trinajstić information content (AvgIpc) is 3.34. The van der Waals surface area contributed by atoms with Crippen molar-refractivity contribution in [1.82, 2.24) is 10.5 Å². The predicted octanol–water partition coefficient (Wildman–Crippen LogP) is 3.37. The van der Waals surface area contributed by atoms with Gasteiger partial charge in [0.25, 0.3) is 0 Å². The molecule has 1 N–H and O–H groups in total. The highest BCUT2D eigenvalue weighted by Crippen LogP contribution is 2.27. The number of nitrogens with zero attached hydrogens (tertiary/aromatic N) is 2. The third kappa shape index (κ3) is 2.76. The first-order chi connectivity index (χ1) is 11.8. The lowest BCUT2D eigenvalue weighted by molar-refractivity contribution is 0.414. The van der Waals surface area contributed by atoms with Gasteiger partial charge in [-0.05, 0) is 24.3 Å². The van der Waals surface area contributed by atoms with Crippen LogP contribution in [0.25, 0.3) is 22.6 Å². The molecule has 120 valence electrons. The van der Waals surface area contributed by atoms with Crippen molar-refractivity contribution in [3.63, 3.8) is 0 Å². The van der Waals surface area contributed by atoms with Gasteiger partial charge in [-0.15, -0.1) is 0 Å². The molecule has 2 aromatic carbocycles. The Balaban J connectivity index is 1.57. The van der Waals surface area contributed by atoms with Crippen molar-refractivity contribution in [2.24, 2.45) is 4.99 Å². The van der Waals surface area contributed by atoms with Gasteiger partial charge in [-0.1, -0.05) is 29.4 Å². The summed E-state index contributed by atoms with van der Waals surface area (Å²) in [5, 5.41) is 7.45. The van der Waals surface area contributed by atoms with Crippen molar-refractivity contribution in [3.05, 3.63) is 60.2 Å². The van der Waals surface area contributed by atoms with Gasteiger partial charge < -0.3 is 14.6 Å². The highest BCUT2D eigenvalue weighted by molar-refractivity contribution is 6.00. The summed E-state index contributed by atoms with van der Waals surface area (Å²) in [4.78, 5) is 4.43. The lowest BCUT2D eigenvalue weighted by atomic mass is 10.1. The number of hydrogen-bond acceptors (Lipinski definition) is 5. The number of rotatable bonds is 4. The number of hydrogen-bond donors (Lipinski definition) is 1. The van der Waals surface area contributed by atoms with Crippen LogP contribution in [-0.4, -0.2) is 31.2 Å². The van der Waals surface area contributed by atoms with Gasteiger partial charge in [-0.25, -0.2) is 0 Å². The zero-order valence-electron chi connectivity index (χ0n) is 13.3.